The number of nitro groups is 1. The molecule has 17 heavy (non-hydrogen) atoms. The number of nitrogens with zero attached hydrogens (tertiary/aromatic N) is 1. The molecule has 1 rings (SSSR count). The van der Waals surface area contributed by atoms with Gasteiger partial charge in [0, 0.05) is 6.54 Å². The summed E-state index contributed by atoms with van der Waals surface area (Å²) in [6, 6.07) is 0.781. The Balaban J connectivity index is 3.16. The number of rotatable bonds is 4. The van der Waals surface area contributed by atoms with E-state index in [4.69, 9.17) is 5.11 Å². The second kappa shape index (κ2) is 5.30. The number of benzene rings is 1. The number of carbonyl (C=O) groups excluding carboxylic acids is 1. The van der Waals surface area contributed by atoms with E-state index in [1.807, 2.05) is 0 Å². The minimum atomic E-state index is -1.41. The molecule has 0 aromatic heterocycles. The Morgan fingerprint density at radius 1 is 1.41 bits per heavy atom. The predicted molar refractivity (Wildman–Crippen MR) is 52.4 cm³/mol. The highest BCUT2D eigenvalue weighted by atomic mass is 19.2. The van der Waals surface area contributed by atoms with Gasteiger partial charge in [-0.1, -0.05) is 0 Å². The topological polar surface area (TPSA) is 92.5 Å². The van der Waals surface area contributed by atoms with Gasteiger partial charge in [0.15, 0.2) is 11.6 Å². The second-order valence-electron chi connectivity index (χ2n) is 3.02. The van der Waals surface area contributed by atoms with Gasteiger partial charge in [0.1, 0.15) is 5.56 Å². The molecule has 0 heterocycles. The average Bonchev–Trinajstić information content (AvgIpc) is 2.28. The van der Waals surface area contributed by atoms with Crippen molar-refractivity contribution in [2.75, 3.05) is 13.2 Å². The van der Waals surface area contributed by atoms with E-state index in [0.29, 0.717) is 12.1 Å². The first-order valence-electron chi connectivity index (χ1n) is 4.50. The van der Waals surface area contributed by atoms with Gasteiger partial charge < -0.3 is 10.4 Å². The maximum Gasteiger partial charge on any atom is 0.285 e. The third-order valence-corrected chi connectivity index (χ3v) is 1.88. The fraction of sp³-hybridized carbons (Fsp3) is 0.222. The van der Waals surface area contributed by atoms with Gasteiger partial charge in [-0.25, -0.2) is 8.78 Å². The molecule has 0 aliphatic rings. The molecular weight excluding hydrogens is 238 g/mol. The number of hydrogen-bond donors (Lipinski definition) is 2. The van der Waals surface area contributed by atoms with Gasteiger partial charge in [-0.05, 0) is 6.07 Å². The Morgan fingerprint density at radius 2 is 2.00 bits per heavy atom. The number of nitrogens with one attached hydrogen (secondary N) is 1. The Morgan fingerprint density at radius 3 is 2.53 bits per heavy atom. The maximum absolute atomic E-state index is 12.9. The van der Waals surface area contributed by atoms with E-state index < -0.39 is 33.7 Å². The van der Waals surface area contributed by atoms with Crippen LogP contribution >= 0.6 is 0 Å². The number of hydrogen-bond acceptors (Lipinski definition) is 4. The van der Waals surface area contributed by atoms with Crippen LogP contribution in [0.25, 0.3) is 0 Å². The van der Waals surface area contributed by atoms with Crippen molar-refractivity contribution in [2.45, 2.75) is 0 Å². The lowest BCUT2D eigenvalue weighted by Gasteiger charge is -2.04. The van der Waals surface area contributed by atoms with Gasteiger partial charge in [-0.2, -0.15) is 0 Å². The van der Waals surface area contributed by atoms with E-state index in [1.54, 1.807) is 0 Å². The summed E-state index contributed by atoms with van der Waals surface area (Å²) in [5.41, 5.74) is -1.43. The van der Waals surface area contributed by atoms with E-state index in [-0.39, 0.29) is 13.2 Å². The Kier molecular flexibility index (Phi) is 4.05. The minimum absolute atomic E-state index is 0.144. The summed E-state index contributed by atoms with van der Waals surface area (Å²) in [7, 11) is 0. The first-order valence-corrected chi connectivity index (χ1v) is 4.50. The van der Waals surface area contributed by atoms with Crippen molar-refractivity contribution in [3.63, 3.8) is 0 Å². The maximum atomic E-state index is 12.9. The summed E-state index contributed by atoms with van der Waals surface area (Å²) in [6.45, 7) is -0.516. The van der Waals surface area contributed by atoms with Crippen molar-refractivity contribution in [1.82, 2.24) is 5.32 Å². The van der Waals surface area contributed by atoms with Gasteiger partial charge in [0.05, 0.1) is 17.6 Å². The number of aliphatic hydroxyl groups is 1. The number of carbonyl (C=O) groups is 1. The van der Waals surface area contributed by atoms with Crippen LogP contribution in [0.4, 0.5) is 14.5 Å². The molecule has 0 fully saturated rings. The second-order valence-corrected chi connectivity index (χ2v) is 3.02. The zero-order chi connectivity index (χ0) is 13.0. The molecule has 0 saturated carbocycles. The van der Waals surface area contributed by atoms with Gasteiger partial charge in [-0.15, -0.1) is 0 Å². The Bertz CT molecular complexity index is 465. The number of aliphatic hydroxyl groups excluding tert-OH is 1. The summed E-state index contributed by atoms with van der Waals surface area (Å²) in [6.07, 6.45) is 0. The van der Waals surface area contributed by atoms with Crippen LogP contribution in [-0.4, -0.2) is 29.1 Å². The quantitative estimate of drug-likeness (QED) is 0.600. The summed E-state index contributed by atoms with van der Waals surface area (Å²) in [5.74, 6) is -3.72. The molecule has 0 bridgehead atoms. The van der Waals surface area contributed by atoms with E-state index in [1.165, 1.54) is 0 Å². The van der Waals surface area contributed by atoms with E-state index in [9.17, 15) is 23.7 Å². The largest absolute Gasteiger partial charge is 0.395 e. The molecule has 92 valence electrons. The lowest BCUT2D eigenvalue weighted by molar-refractivity contribution is -0.385. The highest BCUT2D eigenvalue weighted by molar-refractivity contribution is 5.98. The summed E-state index contributed by atoms with van der Waals surface area (Å²) in [4.78, 5) is 20.9. The third kappa shape index (κ3) is 2.94. The van der Waals surface area contributed by atoms with E-state index in [2.05, 4.69) is 5.32 Å². The zero-order valence-corrected chi connectivity index (χ0v) is 8.44. The minimum Gasteiger partial charge on any atom is -0.395 e. The van der Waals surface area contributed by atoms with Gasteiger partial charge in [0.2, 0.25) is 0 Å². The number of halogens is 2. The molecule has 0 unspecified atom stereocenters. The molecule has 8 heteroatoms. The lowest BCUT2D eigenvalue weighted by atomic mass is 10.1. The van der Waals surface area contributed by atoms with Crippen LogP contribution in [0.3, 0.4) is 0 Å². The SMILES string of the molecule is O=C(NCCO)c1cc(F)c(F)cc1[N+](=O)[O-]. The molecule has 0 saturated heterocycles. The molecule has 6 nitrogen and oxygen atoms in total. The van der Waals surface area contributed by atoms with Gasteiger partial charge >= 0.3 is 0 Å². The van der Waals surface area contributed by atoms with Crippen molar-refractivity contribution in [2.24, 2.45) is 0 Å². The molecular formula is C9H8F2N2O4. The van der Waals surface area contributed by atoms with Crippen LogP contribution in [0.5, 0.6) is 0 Å². The summed E-state index contributed by atoms with van der Waals surface area (Å²) < 4.78 is 25.7. The van der Waals surface area contributed by atoms with Crippen molar-refractivity contribution < 1.29 is 23.6 Å². The summed E-state index contributed by atoms with van der Waals surface area (Å²) in [5, 5.41) is 21.1. The van der Waals surface area contributed by atoms with Crippen LogP contribution in [0, 0.1) is 21.7 Å². The zero-order valence-electron chi connectivity index (χ0n) is 8.44. The average molecular weight is 246 g/mol. The van der Waals surface area contributed by atoms with E-state index in [0.717, 1.165) is 0 Å². The number of nitro benzene ring substituents is 1. The monoisotopic (exact) mass is 246 g/mol. The summed E-state index contributed by atoms with van der Waals surface area (Å²) >= 11 is 0. The van der Waals surface area contributed by atoms with Crippen LogP contribution in [-0.2, 0) is 0 Å². The van der Waals surface area contributed by atoms with Crippen LogP contribution in [0.15, 0.2) is 12.1 Å². The molecule has 0 aliphatic carbocycles. The molecule has 1 aromatic carbocycles. The van der Waals surface area contributed by atoms with Crippen LogP contribution in [0.2, 0.25) is 0 Å². The molecule has 0 radical (unpaired) electrons. The Hall–Kier alpha value is -2.09. The molecule has 0 spiro atoms. The van der Waals surface area contributed by atoms with Crippen molar-refractivity contribution in [3.8, 4) is 0 Å². The highest BCUT2D eigenvalue weighted by Gasteiger charge is 2.23. The van der Waals surface area contributed by atoms with Crippen molar-refractivity contribution in [1.29, 1.82) is 0 Å². The third-order valence-electron chi connectivity index (χ3n) is 1.88. The highest BCUT2D eigenvalue weighted by Crippen LogP contribution is 2.22. The molecule has 2 N–H and O–H groups in total. The van der Waals surface area contributed by atoms with Crippen LogP contribution in [0.1, 0.15) is 10.4 Å². The van der Waals surface area contributed by atoms with Crippen molar-refractivity contribution in [3.05, 3.63) is 39.4 Å². The smallest absolute Gasteiger partial charge is 0.285 e. The standard InChI is InChI=1S/C9H8F2N2O4/c10-6-3-5(9(15)12-1-2-14)8(13(16)17)4-7(6)11/h3-4,14H,1-2H2,(H,12,15). The lowest BCUT2D eigenvalue weighted by Crippen LogP contribution is -2.27. The molecule has 0 atom stereocenters. The van der Waals surface area contributed by atoms with Gasteiger partial charge in [0.25, 0.3) is 11.6 Å². The van der Waals surface area contributed by atoms with Crippen molar-refractivity contribution >= 4 is 11.6 Å². The van der Waals surface area contributed by atoms with E-state index >= 15 is 0 Å². The predicted octanol–water partition coefficient (Wildman–Crippen LogP) is 0.595. The molecule has 1 amide bonds. The first kappa shape index (κ1) is 13.0. The molecule has 1 aromatic rings. The fourth-order valence-corrected chi connectivity index (χ4v) is 1.13. The molecule has 0 aliphatic heterocycles. The normalized spacial score (nSPS) is 10.1. The number of amides is 1. The fourth-order valence-electron chi connectivity index (χ4n) is 1.13. The van der Waals surface area contributed by atoms with Gasteiger partial charge in [-0.3, -0.25) is 14.9 Å². The van der Waals surface area contributed by atoms with Crippen LogP contribution < -0.4 is 5.32 Å². The Labute approximate surface area is 94.0 Å². The first-order chi connectivity index (χ1) is 7.97.